The summed E-state index contributed by atoms with van der Waals surface area (Å²) in [6.07, 6.45) is 2.59. The first-order chi connectivity index (χ1) is 7.25. The average Bonchev–Trinajstić information content (AvgIpc) is 2.25. The number of benzene rings is 1. The summed E-state index contributed by atoms with van der Waals surface area (Å²) in [7, 11) is 0. The van der Waals surface area contributed by atoms with Gasteiger partial charge >= 0.3 is 0 Å². The van der Waals surface area contributed by atoms with Gasteiger partial charge in [-0.05, 0) is 56.6 Å². The molecule has 0 radical (unpaired) electrons. The van der Waals surface area contributed by atoms with Gasteiger partial charge in [0, 0.05) is 4.47 Å². The van der Waals surface area contributed by atoms with Gasteiger partial charge in [0.15, 0.2) is 0 Å². The monoisotopic (exact) mass is 269 g/mol. The van der Waals surface area contributed by atoms with E-state index in [-0.39, 0.29) is 0 Å². The van der Waals surface area contributed by atoms with Crippen molar-refractivity contribution in [2.75, 3.05) is 13.1 Å². The Bertz CT molecular complexity index is 334. The number of hydrogen-bond acceptors (Lipinski definition) is 2. The van der Waals surface area contributed by atoms with Crippen LogP contribution in [0, 0.1) is 6.92 Å². The molecule has 1 N–H and O–H groups in total. The van der Waals surface area contributed by atoms with Gasteiger partial charge in [-0.15, -0.1) is 0 Å². The lowest BCUT2D eigenvalue weighted by molar-refractivity contribution is 0.162. The van der Waals surface area contributed by atoms with Crippen molar-refractivity contribution in [2.24, 2.45) is 0 Å². The molecule has 0 aliphatic carbocycles. The summed E-state index contributed by atoms with van der Waals surface area (Å²) in [5.41, 5.74) is 1.22. The van der Waals surface area contributed by atoms with Crippen LogP contribution in [-0.4, -0.2) is 19.2 Å². The average molecular weight is 270 g/mol. The normalized spacial score (nSPS) is 17.7. The van der Waals surface area contributed by atoms with Crippen molar-refractivity contribution >= 4 is 15.9 Å². The molecule has 2 rings (SSSR count). The predicted molar refractivity (Wildman–Crippen MR) is 65.4 cm³/mol. The number of halogens is 1. The van der Waals surface area contributed by atoms with Crippen molar-refractivity contribution in [3.05, 3.63) is 28.2 Å². The standard InChI is InChI=1S/C12H16BrNO/c1-9-8-11(2-3-12(9)13)15-10-4-6-14-7-5-10/h2-3,8,10,14H,4-7H2,1H3. The van der Waals surface area contributed by atoms with E-state index in [1.165, 1.54) is 5.56 Å². The number of aryl methyl sites for hydroxylation is 1. The largest absolute Gasteiger partial charge is 0.490 e. The number of rotatable bonds is 2. The zero-order chi connectivity index (χ0) is 10.7. The molecule has 82 valence electrons. The van der Waals surface area contributed by atoms with Crippen molar-refractivity contribution in [1.82, 2.24) is 5.32 Å². The second-order valence-corrected chi connectivity index (χ2v) is 4.83. The van der Waals surface area contributed by atoms with E-state index in [2.05, 4.69) is 34.2 Å². The van der Waals surface area contributed by atoms with Crippen LogP contribution in [0.15, 0.2) is 22.7 Å². The van der Waals surface area contributed by atoms with Gasteiger partial charge in [-0.2, -0.15) is 0 Å². The molecule has 0 amide bonds. The number of nitrogens with one attached hydrogen (secondary N) is 1. The van der Waals surface area contributed by atoms with E-state index >= 15 is 0 Å². The first-order valence-electron chi connectivity index (χ1n) is 5.39. The fourth-order valence-electron chi connectivity index (χ4n) is 1.80. The van der Waals surface area contributed by atoms with Gasteiger partial charge in [0.1, 0.15) is 11.9 Å². The topological polar surface area (TPSA) is 21.3 Å². The van der Waals surface area contributed by atoms with Crippen molar-refractivity contribution in [2.45, 2.75) is 25.9 Å². The smallest absolute Gasteiger partial charge is 0.120 e. The highest BCUT2D eigenvalue weighted by Crippen LogP contribution is 2.23. The summed E-state index contributed by atoms with van der Waals surface area (Å²) < 4.78 is 7.07. The Labute approximate surface area is 99.1 Å². The molecule has 0 bridgehead atoms. The fourth-order valence-corrected chi connectivity index (χ4v) is 2.04. The molecular weight excluding hydrogens is 254 g/mol. The van der Waals surface area contributed by atoms with E-state index in [0.717, 1.165) is 36.2 Å². The van der Waals surface area contributed by atoms with E-state index < -0.39 is 0 Å². The predicted octanol–water partition coefficient (Wildman–Crippen LogP) is 2.89. The molecule has 0 aromatic heterocycles. The van der Waals surface area contributed by atoms with Gasteiger partial charge in [-0.1, -0.05) is 15.9 Å². The molecule has 1 aromatic rings. The minimum atomic E-state index is 0.381. The van der Waals surface area contributed by atoms with E-state index in [9.17, 15) is 0 Å². The molecule has 1 aromatic carbocycles. The Hall–Kier alpha value is -0.540. The third-order valence-electron chi connectivity index (χ3n) is 2.72. The Morgan fingerprint density at radius 2 is 2.07 bits per heavy atom. The summed E-state index contributed by atoms with van der Waals surface area (Å²) in [6.45, 7) is 4.22. The highest BCUT2D eigenvalue weighted by atomic mass is 79.9. The number of piperidine rings is 1. The molecule has 0 spiro atoms. The van der Waals surface area contributed by atoms with Crippen LogP contribution >= 0.6 is 15.9 Å². The van der Waals surface area contributed by atoms with Crippen molar-refractivity contribution in [3.63, 3.8) is 0 Å². The maximum atomic E-state index is 5.93. The van der Waals surface area contributed by atoms with E-state index in [1.54, 1.807) is 0 Å². The molecule has 1 aliphatic heterocycles. The molecule has 3 heteroatoms. The van der Waals surface area contributed by atoms with E-state index in [4.69, 9.17) is 4.74 Å². The van der Waals surface area contributed by atoms with Crippen molar-refractivity contribution < 1.29 is 4.74 Å². The van der Waals surface area contributed by atoms with Crippen LogP contribution in [0.2, 0.25) is 0 Å². The maximum Gasteiger partial charge on any atom is 0.120 e. The van der Waals surface area contributed by atoms with Crippen LogP contribution in [0.1, 0.15) is 18.4 Å². The number of hydrogen-bond donors (Lipinski definition) is 1. The molecular formula is C12H16BrNO. The van der Waals surface area contributed by atoms with Gasteiger partial charge in [0.2, 0.25) is 0 Å². The molecule has 1 saturated heterocycles. The van der Waals surface area contributed by atoms with Gasteiger partial charge in [0.05, 0.1) is 0 Å². The van der Waals surface area contributed by atoms with Crippen LogP contribution < -0.4 is 10.1 Å². The van der Waals surface area contributed by atoms with Crippen LogP contribution in [0.5, 0.6) is 5.75 Å². The van der Waals surface area contributed by atoms with Gasteiger partial charge in [0.25, 0.3) is 0 Å². The SMILES string of the molecule is Cc1cc(OC2CCNCC2)ccc1Br. The van der Waals surface area contributed by atoms with Crippen LogP contribution in [0.3, 0.4) is 0 Å². The summed E-state index contributed by atoms with van der Waals surface area (Å²) in [5, 5.41) is 3.33. The molecule has 2 nitrogen and oxygen atoms in total. The molecule has 0 unspecified atom stereocenters. The van der Waals surface area contributed by atoms with E-state index in [0.29, 0.717) is 6.10 Å². The first-order valence-corrected chi connectivity index (χ1v) is 6.18. The molecule has 1 fully saturated rings. The zero-order valence-corrected chi connectivity index (χ0v) is 10.5. The van der Waals surface area contributed by atoms with E-state index in [1.807, 2.05) is 12.1 Å². The number of ether oxygens (including phenoxy) is 1. The maximum absolute atomic E-state index is 5.93. The molecule has 15 heavy (non-hydrogen) atoms. The van der Waals surface area contributed by atoms with Crippen LogP contribution in [0.4, 0.5) is 0 Å². The highest BCUT2D eigenvalue weighted by molar-refractivity contribution is 9.10. The lowest BCUT2D eigenvalue weighted by Gasteiger charge is -2.24. The second-order valence-electron chi connectivity index (χ2n) is 3.98. The Balaban J connectivity index is 2.00. The lowest BCUT2D eigenvalue weighted by Crippen LogP contribution is -2.34. The molecule has 1 aliphatic rings. The molecule has 1 heterocycles. The Kier molecular flexibility index (Phi) is 3.65. The summed E-state index contributed by atoms with van der Waals surface area (Å²) in [5.74, 6) is 0.989. The third kappa shape index (κ3) is 2.95. The van der Waals surface area contributed by atoms with Gasteiger partial charge in [-0.3, -0.25) is 0 Å². The second kappa shape index (κ2) is 4.99. The highest BCUT2D eigenvalue weighted by Gasteiger charge is 2.14. The minimum absolute atomic E-state index is 0.381. The van der Waals surface area contributed by atoms with Gasteiger partial charge < -0.3 is 10.1 Å². The van der Waals surface area contributed by atoms with Crippen LogP contribution in [0.25, 0.3) is 0 Å². The molecule has 0 saturated carbocycles. The lowest BCUT2D eigenvalue weighted by atomic mass is 10.1. The van der Waals surface area contributed by atoms with Crippen LogP contribution in [-0.2, 0) is 0 Å². The van der Waals surface area contributed by atoms with Crippen molar-refractivity contribution in [3.8, 4) is 5.75 Å². The molecule has 0 atom stereocenters. The van der Waals surface area contributed by atoms with Crippen molar-refractivity contribution in [1.29, 1.82) is 0 Å². The third-order valence-corrected chi connectivity index (χ3v) is 3.61. The van der Waals surface area contributed by atoms with Gasteiger partial charge in [-0.25, -0.2) is 0 Å². The minimum Gasteiger partial charge on any atom is -0.490 e. The summed E-state index contributed by atoms with van der Waals surface area (Å²) in [6, 6.07) is 6.16. The fraction of sp³-hybridized carbons (Fsp3) is 0.500. The Morgan fingerprint density at radius 3 is 2.73 bits per heavy atom. The zero-order valence-electron chi connectivity index (χ0n) is 8.92. The first kappa shape index (κ1) is 11.0. The summed E-state index contributed by atoms with van der Waals surface area (Å²) >= 11 is 3.49. The quantitative estimate of drug-likeness (QED) is 0.892. The Morgan fingerprint density at radius 1 is 1.33 bits per heavy atom. The summed E-state index contributed by atoms with van der Waals surface area (Å²) in [4.78, 5) is 0.